The summed E-state index contributed by atoms with van der Waals surface area (Å²) in [6.07, 6.45) is 5.37. The molecule has 2 aromatic rings. The van der Waals surface area contributed by atoms with Crippen molar-refractivity contribution in [2.75, 3.05) is 26.4 Å². The summed E-state index contributed by atoms with van der Waals surface area (Å²) in [5.74, 6) is -0.370. The molecule has 36 heavy (non-hydrogen) atoms. The molecule has 0 aromatic carbocycles. The highest BCUT2D eigenvalue weighted by Crippen LogP contribution is 2.30. The molecule has 1 unspecified atom stereocenters. The third-order valence-corrected chi connectivity index (χ3v) is 6.75. The number of hydrogen-bond donors (Lipinski definition) is 2. The summed E-state index contributed by atoms with van der Waals surface area (Å²) in [6, 6.07) is 2.33. The van der Waals surface area contributed by atoms with E-state index >= 15 is 0 Å². The van der Waals surface area contributed by atoms with Crippen molar-refractivity contribution in [3.63, 3.8) is 0 Å². The van der Waals surface area contributed by atoms with E-state index < -0.39 is 23.3 Å². The minimum absolute atomic E-state index is 0. The van der Waals surface area contributed by atoms with E-state index in [-0.39, 0.29) is 35.9 Å². The van der Waals surface area contributed by atoms with Crippen LogP contribution in [0.15, 0.2) is 32.5 Å². The first-order chi connectivity index (χ1) is 16.7. The Kier molecular flexibility index (Phi) is 11.4. The Morgan fingerprint density at radius 2 is 1.89 bits per heavy atom. The molecular formula is C24H36ClN5O5S. The van der Waals surface area contributed by atoms with Crippen LogP contribution >= 0.6 is 24.2 Å². The van der Waals surface area contributed by atoms with E-state index in [1.165, 1.54) is 18.0 Å². The molecule has 1 aliphatic rings. The zero-order chi connectivity index (χ0) is 25.4. The van der Waals surface area contributed by atoms with E-state index in [9.17, 15) is 14.4 Å². The van der Waals surface area contributed by atoms with E-state index in [1.54, 1.807) is 12.1 Å². The first-order valence-electron chi connectivity index (χ1n) is 12.0. The standard InChI is InChI=1S/C24H35N5O5S.ClH/c1-16(2)15-17(19(30)21-27-28-23(34-21)35-14-12-29(3)4)25-22(32)24(10-6-5-7-11-24)26-20(31)18-9-8-13-33-18;/h8-9,13,16-17H,5-7,10-12,14-15H2,1-4H3,(H,25,32)(H,26,31);1H. The fraction of sp³-hybridized carbons (Fsp3) is 0.625. The molecule has 3 rings (SSSR count). The van der Waals surface area contributed by atoms with Gasteiger partial charge in [-0.3, -0.25) is 14.4 Å². The topological polar surface area (TPSA) is 131 Å². The van der Waals surface area contributed by atoms with Crippen LogP contribution in [0.3, 0.4) is 0 Å². The monoisotopic (exact) mass is 541 g/mol. The van der Waals surface area contributed by atoms with Crippen molar-refractivity contribution >= 4 is 41.8 Å². The van der Waals surface area contributed by atoms with Gasteiger partial charge in [-0.2, -0.15) is 0 Å². The Labute approximate surface area is 222 Å². The molecule has 2 heterocycles. The number of rotatable bonds is 12. The first kappa shape index (κ1) is 29.9. The number of carbonyl (C=O) groups excluding carboxylic acids is 3. The van der Waals surface area contributed by atoms with Crippen molar-refractivity contribution in [2.45, 2.75) is 69.2 Å². The summed E-state index contributed by atoms with van der Waals surface area (Å²) in [7, 11) is 3.94. The molecule has 10 nitrogen and oxygen atoms in total. The van der Waals surface area contributed by atoms with Crippen LogP contribution in [0, 0.1) is 5.92 Å². The van der Waals surface area contributed by atoms with Crippen LogP contribution in [-0.4, -0.2) is 70.7 Å². The van der Waals surface area contributed by atoms with Gasteiger partial charge in [0.2, 0.25) is 11.7 Å². The Balaban J connectivity index is 0.00000456. The number of aromatic nitrogens is 2. The zero-order valence-corrected chi connectivity index (χ0v) is 22.9. The SMILES string of the molecule is CC(C)CC(NC(=O)C1(NC(=O)c2ccco2)CCCCC1)C(=O)c1nnc(SCCN(C)C)o1.Cl. The van der Waals surface area contributed by atoms with Gasteiger partial charge in [0, 0.05) is 12.3 Å². The van der Waals surface area contributed by atoms with Gasteiger partial charge in [0.1, 0.15) is 5.54 Å². The molecular weight excluding hydrogens is 506 g/mol. The predicted octanol–water partition coefficient (Wildman–Crippen LogP) is 3.58. The average molecular weight is 542 g/mol. The van der Waals surface area contributed by atoms with Crippen LogP contribution < -0.4 is 10.6 Å². The molecule has 0 bridgehead atoms. The lowest BCUT2D eigenvalue weighted by Gasteiger charge is -2.37. The van der Waals surface area contributed by atoms with Gasteiger partial charge in [0.05, 0.1) is 12.3 Å². The number of furan rings is 1. The smallest absolute Gasteiger partial charge is 0.287 e. The van der Waals surface area contributed by atoms with Crippen molar-refractivity contribution in [3.8, 4) is 0 Å². The molecule has 1 aliphatic carbocycles. The number of halogens is 1. The summed E-state index contributed by atoms with van der Waals surface area (Å²) >= 11 is 1.38. The molecule has 1 saturated carbocycles. The summed E-state index contributed by atoms with van der Waals surface area (Å²) in [5, 5.41) is 14.0. The molecule has 1 atom stereocenters. The van der Waals surface area contributed by atoms with Crippen LogP contribution in [0.4, 0.5) is 0 Å². The Morgan fingerprint density at radius 3 is 2.50 bits per heavy atom. The van der Waals surface area contributed by atoms with Gasteiger partial charge in [-0.15, -0.1) is 22.6 Å². The number of nitrogens with zero attached hydrogens (tertiary/aromatic N) is 3. The van der Waals surface area contributed by atoms with Crippen LogP contribution in [0.5, 0.6) is 0 Å². The molecule has 0 aliphatic heterocycles. The van der Waals surface area contributed by atoms with Crippen molar-refractivity contribution in [1.82, 2.24) is 25.7 Å². The fourth-order valence-corrected chi connectivity index (χ4v) is 4.95. The number of carbonyl (C=O) groups is 3. The fourth-order valence-electron chi connectivity index (χ4n) is 4.08. The third kappa shape index (κ3) is 8.07. The second-order valence-electron chi connectivity index (χ2n) is 9.62. The highest BCUT2D eigenvalue weighted by atomic mass is 35.5. The number of thioether (sulfide) groups is 1. The van der Waals surface area contributed by atoms with Crippen LogP contribution in [0.25, 0.3) is 0 Å². The molecule has 0 spiro atoms. The molecule has 0 saturated heterocycles. The molecule has 12 heteroatoms. The number of hydrogen-bond acceptors (Lipinski definition) is 9. The van der Waals surface area contributed by atoms with E-state index in [0.29, 0.717) is 24.5 Å². The summed E-state index contributed by atoms with van der Waals surface area (Å²) < 4.78 is 10.8. The van der Waals surface area contributed by atoms with Crippen molar-refractivity contribution < 1.29 is 23.2 Å². The molecule has 0 radical (unpaired) electrons. The zero-order valence-electron chi connectivity index (χ0n) is 21.2. The summed E-state index contributed by atoms with van der Waals surface area (Å²) in [6.45, 7) is 4.77. The van der Waals surface area contributed by atoms with E-state index in [1.807, 2.05) is 32.8 Å². The lowest BCUT2D eigenvalue weighted by Crippen LogP contribution is -2.62. The predicted molar refractivity (Wildman–Crippen MR) is 139 cm³/mol. The maximum atomic E-state index is 13.6. The second-order valence-corrected chi connectivity index (χ2v) is 10.7. The number of amides is 2. The summed E-state index contributed by atoms with van der Waals surface area (Å²) in [4.78, 5) is 41.6. The van der Waals surface area contributed by atoms with Gasteiger partial charge >= 0.3 is 0 Å². The van der Waals surface area contributed by atoms with Crippen molar-refractivity contribution in [1.29, 1.82) is 0 Å². The minimum Gasteiger partial charge on any atom is -0.459 e. The lowest BCUT2D eigenvalue weighted by molar-refractivity contribution is -0.129. The molecule has 2 amide bonds. The van der Waals surface area contributed by atoms with Crippen LogP contribution in [0.2, 0.25) is 0 Å². The Bertz CT molecular complexity index is 989. The second kappa shape index (κ2) is 13.8. The van der Waals surface area contributed by atoms with E-state index in [4.69, 9.17) is 8.83 Å². The maximum absolute atomic E-state index is 13.6. The molecule has 1 fully saturated rings. The summed E-state index contributed by atoms with van der Waals surface area (Å²) in [5.41, 5.74) is -1.11. The molecule has 2 aromatic heterocycles. The number of ketones is 1. The average Bonchev–Trinajstić information content (AvgIpc) is 3.51. The lowest BCUT2D eigenvalue weighted by atomic mass is 9.80. The highest BCUT2D eigenvalue weighted by Gasteiger charge is 2.43. The largest absolute Gasteiger partial charge is 0.459 e. The number of Topliss-reactive ketones (excluding diaryl/α,β-unsaturated/α-hetero) is 1. The van der Waals surface area contributed by atoms with Gasteiger partial charge < -0.3 is 24.4 Å². The van der Waals surface area contributed by atoms with E-state index in [2.05, 4.69) is 20.8 Å². The first-order valence-corrected chi connectivity index (χ1v) is 13.0. The third-order valence-electron chi connectivity index (χ3n) is 5.95. The van der Waals surface area contributed by atoms with E-state index in [0.717, 1.165) is 31.6 Å². The molecule has 200 valence electrons. The normalized spacial score (nSPS) is 15.8. The Hall–Kier alpha value is -2.37. The van der Waals surface area contributed by atoms with Crippen molar-refractivity contribution in [2.24, 2.45) is 5.92 Å². The van der Waals surface area contributed by atoms with Crippen LogP contribution in [-0.2, 0) is 4.79 Å². The van der Waals surface area contributed by atoms with Gasteiger partial charge in [-0.05, 0) is 51.4 Å². The van der Waals surface area contributed by atoms with Crippen LogP contribution in [0.1, 0.15) is 73.6 Å². The minimum atomic E-state index is -1.11. The Morgan fingerprint density at radius 1 is 1.17 bits per heavy atom. The van der Waals surface area contributed by atoms with Gasteiger partial charge in [0.25, 0.3) is 17.0 Å². The number of nitrogens with one attached hydrogen (secondary N) is 2. The highest BCUT2D eigenvalue weighted by molar-refractivity contribution is 7.99. The van der Waals surface area contributed by atoms with Crippen molar-refractivity contribution in [3.05, 3.63) is 30.0 Å². The van der Waals surface area contributed by atoms with Gasteiger partial charge in [0.15, 0.2) is 5.76 Å². The molecule has 2 N–H and O–H groups in total. The quantitative estimate of drug-likeness (QED) is 0.305. The maximum Gasteiger partial charge on any atom is 0.287 e. The van der Waals surface area contributed by atoms with Gasteiger partial charge in [-0.25, -0.2) is 0 Å². The van der Waals surface area contributed by atoms with Gasteiger partial charge in [-0.1, -0.05) is 44.9 Å².